The van der Waals surface area contributed by atoms with E-state index in [2.05, 4.69) is 34.1 Å². The molecule has 1 aromatic heterocycles. The highest BCUT2D eigenvalue weighted by Gasteiger charge is 2.26. The van der Waals surface area contributed by atoms with Crippen LogP contribution in [-0.4, -0.2) is 31.7 Å². The monoisotopic (exact) mass is 316 g/mol. The zero-order valence-corrected chi connectivity index (χ0v) is 14.3. The molecule has 0 bridgehead atoms. The van der Waals surface area contributed by atoms with Gasteiger partial charge < -0.3 is 5.32 Å². The van der Waals surface area contributed by atoms with Crippen molar-refractivity contribution in [2.75, 3.05) is 7.05 Å². The lowest BCUT2D eigenvalue weighted by Crippen LogP contribution is -2.35. The van der Waals surface area contributed by atoms with Gasteiger partial charge in [0.25, 0.3) is 10.0 Å². The second kappa shape index (κ2) is 8.51. The van der Waals surface area contributed by atoms with Gasteiger partial charge in [0.2, 0.25) is 0 Å². The average molecular weight is 316 g/mol. The molecule has 3 N–H and O–H groups in total. The van der Waals surface area contributed by atoms with E-state index in [1.807, 2.05) is 6.92 Å². The third-order valence-corrected chi connectivity index (χ3v) is 5.00. The molecule has 0 fully saturated rings. The smallest absolute Gasteiger partial charge is 0.260 e. The van der Waals surface area contributed by atoms with Gasteiger partial charge >= 0.3 is 0 Å². The van der Waals surface area contributed by atoms with Crippen LogP contribution in [0.25, 0.3) is 0 Å². The highest BCUT2D eigenvalue weighted by molar-refractivity contribution is 7.89. The van der Waals surface area contributed by atoms with Crippen LogP contribution in [0.5, 0.6) is 0 Å². The lowest BCUT2D eigenvalue weighted by Gasteiger charge is -2.17. The van der Waals surface area contributed by atoms with Crippen LogP contribution in [-0.2, 0) is 16.6 Å². The van der Waals surface area contributed by atoms with Crippen molar-refractivity contribution in [2.45, 2.75) is 70.5 Å². The Morgan fingerprint density at radius 3 is 2.52 bits per heavy atom. The van der Waals surface area contributed by atoms with Crippen LogP contribution in [0.4, 0.5) is 0 Å². The number of sulfonamides is 1. The normalized spacial score (nSPS) is 13.5. The molecule has 0 aliphatic rings. The summed E-state index contributed by atoms with van der Waals surface area (Å²) in [5.41, 5.74) is 1.49. The van der Waals surface area contributed by atoms with E-state index in [0.29, 0.717) is 12.1 Å². The van der Waals surface area contributed by atoms with E-state index in [1.54, 1.807) is 7.05 Å². The Morgan fingerprint density at radius 1 is 1.24 bits per heavy atom. The second-order valence-electron chi connectivity index (χ2n) is 5.41. The topological polar surface area (TPSA) is 86.9 Å². The summed E-state index contributed by atoms with van der Waals surface area (Å²) in [6.07, 6.45) is 4.77. The maximum atomic E-state index is 12.6. The fourth-order valence-electron chi connectivity index (χ4n) is 2.37. The zero-order chi connectivity index (χ0) is 15.9. The molecule has 1 unspecified atom stereocenters. The molecule has 1 rings (SSSR count). The molecule has 0 aromatic carbocycles. The summed E-state index contributed by atoms with van der Waals surface area (Å²) in [5, 5.41) is 9.85. The molecule has 0 saturated carbocycles. The Labute approximate surface area is 128 Å². The Bertz CT molecular complexity index is 525. The number of aromatic amines is 1. The van der Waals surface area contributed by atoms with Gasteiger partial charge in [-0.15, -0.1) is 0 Å². The fraction of sp³-hybridized carbons (Fsp3) is 0.786. The van der Waals surface area contributed by atoms with Crippen LogP contribution in [0.15, 0.2) is 5.03 Å². The maximum absolute atomic E-state index is 12.6. The molecule has 0 saturated heterocycles. The van der Waals surface area contributed by atoms with E-state index in [-0.39, 0.29) is 11.1 Å². The van der Waals surface area contributed by atoms with Crippen molar-refractivity contribution >= 4 is 10.0 Å². The molecule has 0 aliphatic carbocycles. The van der Waals surface area contributed by atoms with Gasteiger partial charge in [0.1, 0.15) is 0 Å². The molecule has 0 radical (unpaired) electrons. The SMILES string of the molecule is CCCCC(CCC)NS(=O)(=O)c1n[nH]c(C)c1CNC. The van der Waals surface area contributed by atoms with Crippen molar-refractivity contribution in [3.05, 3.63) is 11.3 Å². The predicted molar refractivity (Wildman–Crippen MR) is 84.6 cm³/mol. The van der Waals surface area contributed by atoms with Gasteiger partial charge in [0, 0.05) is 23.8 Å². The summed E-state index contributed by atoms with van der Waals surface area (Å²) in [4.78, 5) is 0. The molecule has 7 heteroatoms. The first kappa shape index (κ1) is 18.1. The minimum atomic E-state index is -3.58. The number of aromatic nitrogens is 2. The fourth-order valence-corrected chi connectivity index (χ4v) is 3.88. The number of unbranched alkanes of at least 4 members (excludes halogenated alkanes) is 1. The van der Waals surface area contributed by atoms with Gasteiger partial charge in [0.15, 0.2) is 5.03 Å². The van der Waals surface area contributed by atoms with Crippen molar-refractivity contribution in [2.24, 2.45) is 0 Å². The molecule has 122 valence electrons. The van der Waals surface area contributed by atoms with Gasteiger partial charge in [-0.3, -0.25) is 5.10 Å². The molecule has 0 aliphatic heterocycles. The van der Waals surface area contributed by atoms with Crippen LogP contribution >= 0.6 is 0 Å². The maximum Gasteiger partial charge on any atom is 0.260 e. The van der Waals surface area contributed by atoms with E-state index in [4.69, 9.17) is 0 Å². The summed E-state index contributed by atoms with van der Waals surface area (Å²) >= 11 is 0. The summed E-state index contributed by atoms with van der Waals surface area (Å²) in [7, 11) is -1.79. The minimum Gasteiger partial charge on any atom is -0.316 e. The quantitative estimate of drug-likeness (QED) is 0.617. The predicted octanol–water partition coefficient (Wildman–Crippen LogP) is 2.07. The number of hydrogen-bond acceptors (Lipinski definition) is 4. The molecule has 1 heterocycles. The molecule has 0 spiro atoms. The van der Waals surface area contributed by atoms with Crippen molar-refractivity contribution in [1.82, 2.24) is 20.2 Å². The van der Waals surface area contributed by atoms with E-state index in [9.17, 15) is 8.42 Å². The van der Waals surface area contributed by atoms with Gasteiger partial charge in [-0.1, -0.05) is 33.1 Å². The van der Waals surface area contributed by atoms with Gasteiger partial charge in [0.05, 0.1) is 0 Å². The van der Waals surface area contributed by atoms with Crippen LogP contribution in [0.1, 0.15) is 57.2 Å². The summed E-state index contributed by atoms with van der Waals surface area (Å²) < 4.78 is 28.0. The molecular formula is C14H28N4O2S. The highest BCUT2D eigenvalue weighted by atomic mass is 32.2. The average Bonchev–Trinajstić information content (AvgIpc) is 2.79. The second-order valence-corrected chi connectivity index (χ2v) is 7.04. The number of rotatable bonds is 10. The molecular weight excluding hydrogens is 288 g/mol. The number of aryl methyl sites for hydroxylation is 1. The van der Waals surface area contributed by atoms with Crippen LogP contribution < -0.4 is 10.0 Å². The van der Waals surface area contributed by atoms with E-state index in [1.165, 1.54) is 0 Å². The van der Waals surface area contributed by atoms with Crippen molar-refractivity contribution in [1.29, 1.82) is 0 Å². The lowest BCUT2D eigenvalue weighted by atomic mass is 10.1. The first-order valence-corrected chi connectivity index (χ1v) is 9.15. The third kappa shape index (κ3) is 5.09. The number of nitrogens with zero attached hydrogens (tertiary/aromatic N) is 1. The van der Waals surface area contributed by atoms with Crippen molar-refractivity contribution in [3.63, 3.8) is 0 Å². The summed E-state index contributed by atoms with van der Waals surface area (Å²) in [5.74, 6) is 0. The van der Waals surface area contributed by atoms with E-state index in [0.717, 1.165) is 37.8 Å². The molecule has 1 atom stereocenters. The third-order valence-electron chi connectivity index (χ3n) is 3.51. The van der Waals surface area contributed by atoms with Gasteiger partial charge in [-0.2, -0.15) is 5.10 Å². The molecule has 0 amide bonds. The number of nitrogens with one attached hydrogen (secondary N) is 3. The standard InChI is InChI=1S/C14H28N4O2S/c1-5-7-9-12(8-6-2)18-21(19,20)14-13(10-15-4)11(3)16-17-14/h12,15,18H,5-10H2,1-4H3,(H,16,17). The Balaban J connectivity index is 2.93. The first-order valence-electron chi connectivity index (χ1n) is 7.67. The summed E-state index contributed by atoms with van der Waals surface area (Å²) in [6, 6.07) is -0.0145. The van der Waals surface area contributed by atoms with Crippen molar-refractivity contribution in [3.8, 4) is 0 Å². The van der Waals surface area contributed by atoms with E-state index < -0.39 is 10.0 Å². The molecule has 1 aromatic rings. The van der Waals surface area contributed by atoms with Crippen molar-refractivity contribution < 1.29 is 8.42 Å². The Hall–Kier alpha value is -0.920. The van der Waals surface area contributed by atoms with Gasteiger partial charge in [-0.05, 0) is 26.8 Å². The summed E-state index contributed by atoms with van der Waals surface area (Å²) in [6.45, 7) is 6.49. The van der Waals surface area contributed by atoms with E-state index >= 15 is 0 Å². The first-order chi connectivity index (χ1) is 9.96. The molecule has 21 heavy (non-hydrogen) atoms. The number of hydrogen-bond donors (Lipinski definition) is 3. The molecule has 6 nitrogen and oxygen atoms in total. The minimum absolute atomic E-state index is 0.0145. The largest absolute Gasteiger partial charge is 0.316 e. The highest BCUT2D eigenvalue weighted by Crippen LogP contribution is 2.18. The Kier molecular flexibility index (Phi) is 7.34. The lowest BCUT2D eigenvalue weighted by molar-refractivity contribution is 0.481. The Morgan fingerprint density at radius 2 is 1.95 bits per heavy atom. The van der Waals surface area contributed by atoms with Gasteiger partial charge in [-0.25, -0.2) is 13.1 Å². The van der Waals surface area contributed by atoms with Crippen LogP contribution in [0.2, 0.25) is 0 Å². The van der Waals surface area contributed by atoms with Crippen LogP contribution in [0.3, 0.4) is 0 Å². The number of H-pyrrole nitrogens is 1. The zero-order valence-electron chi connectivity index (χ0n) is 13.5. The van der Waals surface area contributed by atoms with Crippen LogP contribution in [0, 0.1) is 6.92 Å².